The largest absolute Gasteiger partial charge is 0.324 e. The highest BCUT2D eigenvalue weighted by Crippen LogP contribution is 2.36. The molecule has 1 atom stereocenters. The Morgan fingerprint density at radius 2 is 2.23 bits per heavy atom. The van der Waals surface area contributed by atoms with Crippen LogP contribution >= 0.6 is 0 Å². The second-order valence-electron chi connectivity index (χ2n) is 4.20. The molecule has 0 radical (unpaired) electrons. The zero-order chi connectivity index (χ0) is 9.26. The van der Waals surface area contributed by atoms with Gasteiger partial charge in [0.15, 0.2) is 0 Å². The molecule has 1 nitrogen and oxygen atoms in total. The van der Waals surface area contributed by atoms with Crippen molar-refractivity contribution in [2.45, 2.75) is 32.2 Å². The normalized spacial score (nSPS) is 18.6. The lowest BCUT2D eigenvalue weighted by Crippen LogP contribution is -2.10. The molecule has 0 spiro atoms. The summed E-state index contributed by atoms with van der Waals surface area (Å²) in [5, 5.41) is 0. The van der Waals surface area contributed by atoms with Crippen LogP contribution in [-0.2, 0) is 0 Å². The van der Waals surface area contributed by atoms with Gasteiger partial charge in [-0.25, -0.2) is 0 Å². The van der Waals surface area contributed by atoms with E-state index in [1.54, 1.807) is 0 Å². The van der Waals surface area contributed by atoms with Crippen LogP contribution in [0, 0.1) is 12.8 Å². The molecule has 0 aliphatic heterocycles. The summed E-state index contributed by atoms with van der Waals surface area (Å²) in [7, 11) is 0. The summed E-state index contributed by atoms with van der Waals surface area (Å²) in [6, 6.07) is 8.81. The molecular formula is C12H17N. The van der Waals surface area contributed by atoms with Crippen molar-refractivity contribution in [2.24, 2.45) is 11.7 Å². The van der Waals surface area contributed by atoms with Gasteiger partial charge < -0.3 is 5.73 Å². The topological polar surface area (TPSA) is 26.0 Å². The number of aryl methyl sites for hydroxylation is 1. The molecule has 1 aliphatic rings. The highest BCUT2D eigenvalue weighted by atomic mass is 14.6. The van der Waals surface area contributed by atoms with Crippen molar-refractivity contribution in [3.63, 3.8) is 0 Å². The molecule has 0 amide bonds. The van der Waals surface area contributed by atoms with E-state index in [0.29, 0.717) is 0 Å². The third kappa shape index (κ3) is 2.31. The van der Waals surface area contributed by atoms with E-state index in [4.69, 9.17) is 5.73 Å². The van der Waals surface area contributed by atoms with Crippen molar-refractivity contribution < 1.29 is 0 Å². The number of hydrogen-bond donors (Lipinski definition) is 1. The van der Waals surface area contributed by atoms with Crippen LogP contribution in [0.15, 0.2) is 24.3 Å². The van der Waals surface area contributed by atoms with Crippen LogP contribution in [0.4, 0.5) is 0 Å². The molecule has 1 aromatic carbocycles. The first kappa shape index (κ1) is 8.76. The predicted octanol–water partition coefficient (Wildman–Crippen LogP) is 2.79. The standard InChI is InChI=1S/C12H17N/c1-9-3-2-4-11(7-9)12(13)8-10-5-6-10/h2-4,7,10,12H,5-6,8,13H2,1H3. The van der Waals surface area contributed by atoms with E-state index in [2.05, 4.69) is 31.2 Å². The lowest BCUT2D eigenvalue weighted by Gasteiger charge is -2.11. The lowest BCUT2D eigenvalue weighted by atomic mass is 10.0. The van der Waals surface area contributed by atoms with Crippen molar-refractivity contribution >= 4 is 0 Å². The maximum absolute atomic E-state index is 6.10. The van der Waals surface area contributed by atoms with Crippen molar-refractivity contribution in [3.8, 4) is 0 Å². The predicted molar refractivity (Wildman–Crippen MR) is 55.4 cm³/mol. The maximum atomic E-state index is 6.10. The van der Waals surface area contributed by atoms with Crippen molar-refractivity contribution in [2.75, 3.05) is 0 Å². The molecule has 2 N–H and O–H groups in total. The number of rotatable bonds is 3. The number of nitrogens with two attached hydrogens (primary N) is 1. The fraction of sp³-hybridized carbons (Fsp3) is 0.500. The van der Waals surface area contributed by atoms with Gasteiger partial charge >= 0.3 is 0 Å². The summed E-state index contributed by atoms with van der Waals surface area (Å²) < 4.78 is 0. The second kappa shape index (κ2) is 3.51. The molecule has 1 aliphatic carbocycles. The van der Waals surface area contributed by atoms with Crippen LogP contribution in [0.25, 0.3) is 0 Å². The Bertz CT molecular complexity index is 289. The van der Waals surface area contributed by atoms with E-state index in [9.17, 15) is 0 Å². The minimum atomic E-state index is 0.257. The first-order valence-corrected chi connectivity index (χ1v) is 5.08. The van der Waals surface area contributed by atoms with Gasteiger partial charge in [0.1, 0.15) is 0 Å². The fourth-order valence-electron chi connectivity index (χ4n) is 1.75. The van der Waals surface area contributed by atoms with Gasteiger partial charge in [-0.05, 0) is 24.8 Å². The van der Waals surface area contributed by atoms with E-state index in [-0.39, 0.29) is 6.04 Å². The Balaban J connectivity index is 2.04. The lowest BCUT2D eigenvalue weighted by molar-refractivity contribution is 0.597. The monoisotopic (exact) mass is 175 g/mol. The summed E-state index contributed by atoms with van der Waals surface area (Å²) in [5.41, 5.74) is 8.71. The molecule has 2 rings (SSSR count). The zero-order valence-electron chi connectivity index (χ0n) is 8.16. The Morgan fingerprint density at radius 3 is 2.85 bits per heavy atom. The second-order valence-corrected chi connectivity index (χ2v) is 4.20. The van der Waals surface area contributed by atoms with Gasteiger partial charge in [-0.15, -0.1) is 0 Å². The average Bonchev–Trinajstić information content (AvgIpc) is 2.88. The van der Waals surface area contributed by atoms with Crippen molar-refractivity contribution in [1.29, 1.82) is 0 Å². The van der Waals surface area contributed by atoms with E-state index in [1.165, 1.54) is 30.4 Å². The minimum absolute atomic E-state index is 0.257. The van der Waals surface area contributed by atoms with E-state index < -0.39 is 0 Å². The number of benzene rings is 1. The van der Waals surface area contributed by atoms with E-state index in [1.807, 2.05) is 0 Å². The zero-order valence-corrected chi connectivity index (χ0v) is 8.16. The van der Waals surface area contributed by atoms with Crippen LogP contribution < -0.4 is 5.73 Å². The molecular weight excluding hydrogens is 158 g/mol. The smallest absolute Gasteiger partial charge is 0.0297 e. The molecule has 1 fully saturated rings. The van der Waals surface area contributed by atoms with Crippen LogP contribution in [0.1, 0.15) is 36.4 Å². The van der Waals surface area contributed by atoms with Crippen LogP contribution in [0.3, 0.4) is 0 Å². The Labute approximate surface area is 80.0 Å². The third-order valence-electron chi connectivity index (χ3n) is 2.75. The first-order chi connectivity index (χ1) is 6.25. The SMILES string of the molecule is Cc1cccc(C(N)CC2CC2)c1. The minimum Gasteiger partial charge on any atom is -0.324 e. The molecule has 1 unspecified atom stereocenters. The molecule has 1 heteroatoms. The van der Waals surface area contributed by atoms with Gasteiger partial charge in [-0.1, -0.05) is 42.7 Å². The first-order valence-electron chi connectivity index (χ1n) is 5.08. The molecule has 0 heterocycles. The van der Waals surface area contributed by atoms with Crippen molar-refractivity contribution in [1.82, 2.24) is 0 Å². The third-order valence-corrected chi connectivity index (χ3v) is 2.75. The molecule has 13 heavy (non-hydrogen) atoms. The Kier molecular flexibility index (Phi) is 2.36. The van der Waals surface area contributed by atoms with Gasteiger partial charge in [0.05, 0.1) is 0 Å². The van der Waals surface area contributed by atoms with E-state index >= 15 is 0 Å². The summed E-state index contributed by atoms with van der Waals surface area (Å²) in [5.74, 6) is 0.913. The van der Waals surface area contributed by atoms with Crippen LogP contribution in [0.2, 0.25) is 0 Å². The van der Waals surface area contributed by atoms with Crippen LogP contribution in [0.5, 0.6) is 0 Å². The maximum Gasteiger partial charge on any atom is 0.0297 e. The van der Waals surface area contributed by atoms with Gasteiger partial charge in [0, 0.05) is 6.04 Å². The Morgan fingerprint density at radius 1 is 1.46 bits per heavy atom. The van der Waals surface area contributed by atoms with E-state index in [0.717, 1.165) is 5.92 Å². The molecule has 0 saturated heterocycles. The number of hydrogen-bond acceptors (Lipinski definition) is 1. The molecule has 0 bridgehead atoms. The van der Waals surface area contributed by atoms with Gasteiger partial charge in [0.25, 0.3) is 0 Å². The quantitative estimate of drug-likeness (QED) is 0.751. The van der Waals surface area contributed by atoms with Gasteiger partial charge in [0.2, 0.25) is 0 Å². The molecule has 0 aromatic heterocycles. The summed E-state index contributed by atoms with van der Waals surface area (Å²) in [4.78, 5) is 0. The average molecular weight is 175 g/mol. The highest BCUT2D eigenvalue weighted by molar-refractivity contribution is 5.24. The molecule has 70 valence electrons. The summed E-state index contributed by atoms with van der Waals surface area (Å²) in [6.07, 6.45) is 3.95. The molecule has 1 saturated carbocycles. The van der Waals surface area contributed by atoms with Crippen molar-refractivity contribution in [3.05, 3.63) is 35.4 Å². The fourth-order valence-corrected chi connectivity index (χ4v) is 1.75. The summed E-state index contributed by atoms with van der Waals surface area (Å²) in [6.45, 7) is 2.12. The Hall–Kier alpha value is -0.820. The molecule has 1 aromatic rings. The van der Waals surface area contributed by atoms with Crippen LogP contribution in [-0.4, -0.2) is 0 Å². The van der Waals surface area contributed by atoms with Gasteiger partial charge in [-0.2, -0.15) is 0 Å². The van der Waals surface area contributed by atoms with Gasteiger partial charge in [-0.3, -0.25) is 0 Å². The summed E-state index contributed by atoms with van der Waals surface area (Å²) >= 11 is 0. The highest BCUT2D eigenvalue weighted by Gasteiger charge is 2.24.